The number of alkyl halides is 3. The van der Waals surface area contributed by atoms with Gasteiger partial charge in [0.25, 0.3) is 0 Å². The number of aromatic nitrogens is 2. The molecule has 130 valence electrons. The van der Waals surface area contributed by atoms with Crippen molar-refractivity contribution in [3.05, 3.63) is 23.8 Å². The molecule has 0 unspecified atom stereocenters. The number of ether oxygens (including phenoxy) is 2. The third kappa shape index (κ3) is 2.91. The number of halogens is 3. The molecule has 1 aliphatic rings. The van der Waals surface area contributed by atoms with Crippen molar-refractivity contribution in [1.29, 1.82) is 0 Å². The molecular formula is C15H16F3N3O3. The number of esters is 1. The van der Waals surface area contributed by atoms with Gasteiger partial charge in [-0.15, -0.1) is 0 Å². The third-order valence-electron chi connectivity index (χ3n) is 3.99. The summed E-state index contributed by atoms with van der Waals surface area (Å²) in [5.74, 6) is -0.0859. The van der Waals surface area contributed by atoms with Gasteiger partial charge in [-0.2, -0.15) is 13.2 Å². The van der Waals surface area contributed by atoms with Crippen LogP contribution in [0.3, 0.4) is 0 Å². The molecule has 2 aromatic rings. The zero-order chi connectivity index (χ0) is 17.5. The van der Waals surface area contributed by atoms with Crippen molar-refractivity contribution in [3.63, 3.8) is 0 Å². The molecule has 1 aliphatic heterocycles. The number of carbonyl (C=O) groups is 1. The molecule has 1 aromatic heterocycles. The molecule has 0 radical (unpaired) electrons. The zero-order valence-electron chi connectivity index (χ0n) is 13.1. The van der Waals surface area contributed by atoms with Crippen molar-refractivity contribution < 1.29 is 27.4 Å². The minimum Gasteiger partial charge on any atom is -0.465 e. The van der Waals surface area contributed by atoms with Crippen LogP contribution in [0.2, 0.25) is 0 Å². The largest absolute Gasteiger partial charge is 0.465 e. The Labute approximate surface area is 135 Å². The average molecular weight is 343 g/mol. The Kier molecular flexibility index (Phi) is 4.12. The van der Waals surface area contributed by atoms with Gasteiger partial charge < -0.3 is 18.9 Å². The van der Waals surface area contributed by atoms with Crippen molar-refractivity contribution in [2.24, 2.45) is 7.05 Å². The van der Waals surface area contributed by atoms with Gasteiger partial charge in [0.2, 0.25) is 5.95 Å². The van der Waals surface area contributed by atoms with Crippen molar-refractivity contribution in [2.75, 3.05) is 31.7 Å². The molecule has 0 saturated carbocycles. The Morgan fingerprint density at radius 2 is 2.17 bits per heavy atom. The lowest BCUT2D eigenvalue weighted by Gasteiger charge is -2.34. The second-order valence-electron chi connectivity index (χ2n) is 5.51. The first-order valence-corrected chi connectivity index (χ1v) is 7.29. The summed E-state index contributed by atoms with van der Waals surface area (Å²) in [7, 11) is 3.00. The number of morpholine rings is 1. The van der Waals surface area contributed by atoms with Gasteiger partial charge in [0.05, 0.1) is 36.9 Å². The van der Waals surface area contributed by atoms with E-state index >= 15 is 0 Å². The molecule has 6 nitrogen and oxygen atoms in total. The predicted molar refractivity (Wildman–Crippen MR) is 80.1 cm³/mol. The van der Waals surface area contributed by atoms with Crippen molar-refractivity contribution >= 4 is 23.0 Å². The molecule has 24 heavy (non-hydrogen) atoms. The van der Waals surface area contributed by atoms with E-state index in [-0.39, 0.29) is 13.2 Å². The molecule has 1 saturated heterocycles. The van der Waals surface area contributed by atoms with E-state index in [0.29, 0.717) is 29.1 Å². The van der Waals surface area contributed by atoms with E-state index in [1.807, 2.05) is 0 Å². The minimum atomic E-state index is -4.42. The maximum absolute atomic E-state index is 12.9. The van der Waals surface area contributed by atoms with Crippen LogP contribution in [0.1, 0.15) is 10.4 Å². The topological polar surface area (TPSA) is 56.6 Å². The number of hydrogen-bond acceptors (Lipinski definition) is 5. The Morgan fingerprint density at radius 1 is 1.42 bits per heavy atom. The second-order valence-corrected chi connectivity index (χ2v) is 5.51. The maximum atomic E-state index is 12.9. The number of nitrogens with zero attached hydrogens (tertiary/aromatic N) is 3. The van der Waals surface area contributed by atoms with Gasteiger partial charge in [0.15, 0.2) is 6.10 Å². The first-order chi connectivity index (χ1) is 11.3. The minimum absolute atomic E-state index is 0.0270. The molecule has 1 atom stereocenters. The van der Waals surface area contributed by atoms with E-state index in [2.05, 4.69) is 9.72 Å². The molecule has 1 fully saturated rings. The van der Waals surface area contributed by atoms with E-state index < -0.39 is 18.2 Å². The highest BCUT2D eigenvalue weighted by molar-refractivity contribution is 5.94. The number of fused-ring (bicyclic) bond motifs is 1. The Hall–Kier alpha value is -2.29. The van der Waals surface area contributed by atoms with E-state index in [9.17, 15) is 18.0 Å². The van der Waals surface area contributed by atoms with E-state index in [0.717, 1.165) is 0 Å². The third-order valence-corrected chi connectivity index (χ3v) is 3.99. The molecule has 2 heterocycles. The van der Waals surface area contributed by atoms with Gasteiger partial charge in [-0.05, 0) is 18.2 Å². The fourth-order valence-corrected chi connectivity index (χ4v) is 2.74. The number of imidazole rings is 1. The molecule has 0 N–H and O–H groups in total. The van der Waals surface area contributed by atoms with Crippen LogP contribution >= 0.6 is 0 Å². The normalized spacial score (nSPS) is 18.9. The molecule has 3 rings (SSSR count). The molecule has 0 bridgehead atoms. The van der Waals surface area contributed by atoms with E-state index in [1.54, 1.807) is 34.7 Å². The molecule has 0 aliphatic carbocycles. The van der Waals surface area contributed by atoms with Crippen LogP contribution in [0.5, 0.6) is 0 Å². The van der Waals surface area contributed by atoms with Crippen molar-refractivity contribution in [3.8, 4) is 0 Å². The van der Waals surface area contributed by atoms with Crippen LogP contribution in [0.15, 0.2) is 18.2 Å². The highest BCUT2D eigenvalue weighted by Gasteiger charge is 2.44. The van der Waals surface area contributed by atoms with Gasteiger partial charge in [-0.1, -0.05) is 0 Å². The number of methoxy groups -OCH3 is 1. The second kappa shape index (κ2) is 5.97. The fraction of sp³-hybridized carbons (Fsp3) is 0.467. The average Bonchev–Trinajstić information content (AvgIpc) is 2.90. The van der Waals surface area contributed by atoms with Crippen LogP contribution < -0.4 is 4.90 Å². The molecule has 0 spiro atoms. The SMILES string of the molecule is COC(=O)c1ccc2c(c1)nc(N1CCO[C@@H](C(F)(F)F)C1)n2C. The summed E-state index contributed by atoms with van der Waals surface area (Å²) >= 11 is 0. The lowest BCUT2D eigenvalue weighted by molar-refractivity contribution is -0.221. The van der Waals surface area contributed by atoms with Crippen LogP contribution in [-0.4, -0.2) is 54.6 Å². The molecule has 9 heteroatoms. The van der Waals surface area contributed by atoms with E-state index in [1.165, 1.54) is 7.11 Å². The highest BCUT2D eigenvalue weighted by atomic mass is 19.4. The van der Waals surface area contributed by atoms with Gasteiger partial charge in [0.1, 0.15) is 0 Å². The number of anilines is 1. The fourth-order valence-electron chi connectivity index (χ4n) is 2.74. The number of aryl methyl sites for hydroxylation is 1. The van der Waals surface area contributed by atoms with Gasteiger partial charge in [0, 0.05) is 13.6 Å². The molecular weight excluding hydrogens is 327 g/mol. The quantitative estimate of drug-likeness (QED) is 0.782. The summed E-state index contributed by atoms with van der Waals surface area (Å²) in [4.78, 5) is 17.5. The molecule has 0 amide bonds. The first-order valence-electron chi connectivity index (χ1n) is 7.29. The standard InChI is InChI=1S/C15H16F3N3O3/c1-20-11-4-3-9(13(22)23-2)7-10(11)19-14(20)21-5-6-24-12(8-21)15(16,17)18/h3-4,7,12H,5-6,8H2,1-2H3/t12-/m1/s1. The Bertz CT molecular complexity index is 772. The first kappa shape index (κ1) is 16.6. The maximum Gasteiger partial charge on any atom is 0.416 e. The molecule has 1 aromatic carbocycles. The lowest BCUT2D eigenvalue weighted by atomic mass is 10.2. The Balaban J connectivity index is 1.94. The number of hydrogen-bond donors (Lipinski definition) is 0. The summed E-state index contributed by atoms with van der Waals surface area (Å²) in [5.41, 5.74) is 1.57. The van der Waals surface area contributed by atoms with Crippen molar-refractivity contribution in [2.45, 2.75) is 12.3 Å². The van der Waals surface area contributed by atoms with Gasteiger partial charge in [-0.3, -0.25) is 0 Å². The van der Waals surface area contributed by atoms with Crippen LogP contribution in [0.25, 0.3) is 11.0 Å². The van der Waals surface area contributed by atoms with Crippen molar-refractivity contribution in [1.82, 2.24) is 9.55 Å². The van der Waals surface area contributed by atoms with Crippen LogP contribution in [-0.2, 0) is 16.5 Å². The summed E-state index contributed by atoms with van der Waals surface area (Å²) in [6.45, 7) is -0.0289. The summed E-state index contributed by atoms with van der Waals surface area (Å²) in [6, 6.07) is 4.85. The number of benzene rings is 1. The monoisotopic (exact) mass is 343 g/mol. The van der Waals surface area contributed by atoms with E-state index in [4.69, 9.17) is 4.74 Å². The van der Waals surface area contributed by atoms with Gasteiger partial charge >= 0.3 is 12.1 Å². The zero-order valence-corrected chi connectivity index (χ0v) is 13.1. The smallest absolute Gasteiger partial charge is 0.416 e. The number of rotatable bonds is 2. The van der Waals surface area contributed by atoms with Gasteiger partial charge in [-0.25, -0.2) is 9.78 Å². The van der Waals surface area contributed by atoms with Crippen LogP contribution in [0.4, 0.5) is 19.1 Å². The summed E-state index contributed by atoms with van der Waals surface area (Å²) in [6.07, 6.45) is -6.25. The van der Waals surface area contributed by atoms with Crippen LogP contribution in [0, 0.1) is 0 Å². The Morgan fingerprint density at radius 3 is 2.83 bits per heavy atom. The lowest BCUT2D eigenvalue weighted by Crippen LogP contribution is -2.49. The predicted octanol–water partition coefficient (Wildman–Crippen LogP) is 2.13. The number of carbonyl (C=O) groups excluding carboxylic acids is 1. The summed E-state index contributed by atoms with van der Waals surface area (Å²) in [5, 5.41) is 0. The highest BCUT2D eigenvalue weighted by Crippen LogP contribution is 2.29. The summed E-state index contributed by atoms with van der Waals surface area (Å²) < 4.78 is 49.8.